The van der Waals surface area contributed by atoms with Crippen LogP contribution in [0.1, 0.15) is 50.5 Å². The SMILES string of the molecule is O=C(CCCNC(=O)NC1CCCCC1)NCC#Cc1ccccc1. The number of urea groups is 1. The van der Waals surface area contributed by atoms with E-state index in [1.807, 2.05) is 30.3 Å². The first-order chi connectivity index (χ1) is 12.2. The van der Waals surface area contributed by atoms with Crippen LogP contribution in [-0.4, -0.2) is 31.1 Å². The maximum atomic E-state index is 11.8. The van der Waals surface area contributed by atoms with Crippen LogP contribution in [0.2, 0.25) is 0 Å². The molecule has 1 saturated carbocycles. The van der Waals surface area contributed by atoms with E-state index in [9.17, 15) is 9.59 Å². The number of hydrogen-bond acceptors (Lipinski definition) is 2. The van der Waals surface area contributed by atoms with E-state index in [2.05, 4.69) is 27.8 Å². The third-order valence-electron chi connectivity index (χ3n) is 4.19. The number of amides is 3. The van der Waals surface area contributed by atoms with Gasteiger partial charge in [-0.2, -0.15) is 0 Å². The molecule has 1 aliphatic rings. The van der Waals surface area contributed by atoms with Crippen LogP contribution in [0.3, 0.4) is 0 Å². The molecule has 0 aliphatic heterocycles. The Morgan fingerprint density at radius 3 is 2.56 bits per heavy atom. The number of carbonyl (C=O) groups is 2. The molecule has 0 aromatic heterocycles. The van der Waals surface area contributed by atoms with Crippen molar-refractivity contribution in [2.75, 3.05) is 13.1 Å². The van der Waals surface area contributed by atoms with E-state index in [0.29, 0.717) is 32.0 Å². The molecule has 0 atom stereocenters. The molecule has 5 nitrogen and oxygen atoms in total. The highest BCUT2D eigenvalue weighted by molar-refractivity contribution is 5.76. The largest absolute Gasteiger partial charge is 0.345 e. The van der Waals surface area contributed by atoms with Crippen LogP contribution in [0.4, 0.5) is 4.79 Å². The van der Waals surface area contributed by atoms with E-state index in [-0.39, 0.29) is 11.9 Å². The van der Waals surface area contributed by atoms with E-state index in [0.717, 1.165) is 18.4 Å². The molecule has 2 rings (SSSR count). The summed E-state index contributed by atoms with van der Waals surface area (Å²) in [5, 5.41) is 8.58. The van der Waals surface area contributed by atoms with Gasteiger partial charge in [0.1, 0.15) is 0 Å². The van der Waals surface area contributed by atoms with Crippen LogP contribution in [0, 0.1) is 11.8 Å². The normalized spacial score (nSPS) is 14.1. The molecule has 1 fully saturated rings. The molecule has 0 heterocycles. The van der Waals surface area contributed by atoms with Crippen LogP contribution in [-0.2, 0) is 4.79 Å². The van der Waals surface area contributed by atoms with E-state index < -0.39 is 0 Å². The molecule has 134 valence electrons. The van der Waals surface area contributed by atoms with Crippen molar-refractivity contribution in [3.8, 4) is 11.8 Å². The molecule has 0 saturated heterocycles. The second-order valence-electron chi connectivity index (χ2n) is 6.28. The summed E-state index contributed by atoms with van der Waals surface area (Å²) in [6.07, 6.45) is 6.80. The monoisotopic (exact) mass is 341 g/mol. The molecule has 3 N–H and O–H groups in total. The Kier molecular flexibility index (Phi) is 8.40. The molecule has 5 heteroatoms. The van der Waals surface area contributed by atoms with E-state index in [1.54, 1.807) is 0 Å². The van der Waals surface area contributed by atoms with Crippen molar-refractivity contribution in [2.24, 2.45) is 0 Å². The fourth-order valence-corrected chi connectivity index (χ4v) is 2.83. The predicted octanol–water partition coefficient (Wildman–Crippen LogP) is 2.57. The molecule has 0 radical (unpaired) electrons. The Balaban J connectivity index is 1.50. The van der Waals surface area contributed by atoms with Gasteiger partial charge < -0.3 is 16.0 Å². The second kappa shape index (κ2) is 11.1. The highest BCUT2D eigenvalue weighted by Crippen LogP contribution is 2.17. The summed E-state index contributed by atoms with van der Waals surface area (Å²) in [5.41, 5.74) is 0.935. The Hall–Kier alpha value is -2.48. The minimum absolute atomic E-state index is 0.0446. The van der Waals surface area contributed by atoms with Gasteiger partial charge in [0.25, 0.3) is 0 Å². The Labute approximate surface area is 150 Å². The van der Waals surface area contributed by atoms with Crippen molar-refractivity contribution in [2.45, 2.75) is 51.0 Å². The van der Waals surface area contributed by atoms with E-state index >= 15 is 0 Å². The lowest BCUT2D eigenvalue weighted by molar-refractivity contribution is -0.120. The van der Waals surface area contributed by atoms with Gasteiger partial charge in [0, 0.05) is 24.6 Å². The highest BCUT2D eigenvalue weighted by atomic mass is 16.2. The molecular formula is C20H27N3O2. The minimum Gasteiger partial charge on any atom is -0.345 e. The molecule has 0 spiro atoms. The molecule has 1 aromatic rings. The van der Waals surface area contributed by atoms with Gasteiger partial charge in [-0.1, -0.05) is 49.3 Å². The third kappa shape index (κ3) is 8.25. The summed E-state index contributed by atoms with van der Waals surface area (Å²) in [6.45, 7) is 0.838. The fourth-order valence-electron chi connectivity index (χ4n) is 2.83. The topological polar surface area (TPSA) is 70.2 Å². The van der Waals surface area contributed by atoms with Crippen LogP contribution < -0.4 is 16.0 Å². The molecule has 1 aromatic carbocycles. The van der Waals surface area contributed by atoms with Gasteiger partial charge in [-0.25, -0.2) is 4.79 Å². The summed E-state index contributed by atoms with van der Waals surface area (Å²) in [7, 11) is 0. The zero-order chi connectivity index (χ0) is 17.7. The van der Waals surface area contributed by atoms with Crippen molar-refractivity contribution in [1.82, 2.24) is 16.0 Å². The molecule has 3 amide bonds. The molecule has 25 heavy (non-hydrogen) atoms. The van der Waals surface area contributed by atoms with Crippen LogP contribution in [0.5, 0.6) is 0 Å². The van der Waals surface area contributed by atoms with Crippen molar-refractivity contribution in [3.05, 3.63) is 35.9 Å². The smallest absolute Gasteiger partial charge is 0.315 e. The van der Waals surface area contributed by atoms with Crippen molar-refractivity contribution < 1.29 is 9.59 Å². The van der Waals surface area contributed by atoms with Gasteiger partial charge in [-0.3, -0.25) is 4.79 Å². The lowest BCUT2D eigenvalue weighted by Gasteiger charge is -2.22. The van der Waals surface area contributed by atoms with Gasteiger partial charge >= 0.3 is 6.03 Å². The first kappa shape index (κ1) is 18.9. The van der Waals surface area contributed by atoms with Gasteiger partial charge in [0.05, 0.1) is 6.54 Å². The molecule has 1 aliphatic carbocycles. The number of rotatable bonds is 6. The maximum absolute atomic E-state index is 11.8. The zero-order valence-corrected chi connectivity index (χ0v) is 14.6. The van der Waals surface area contributed by atoms with E-state index in [4.69, 9.17) is 0 Å². The van der Waals surface area contributed by atoms with Crippen molar-refractivity contribution in [3.63, 3.8) is 0 Å². The maximum Gasteiger partial charge on any atom is 0.315 e. The fraction of sp³-hybridized carbons (Fsp3) is 0.500. The van der Waals surface area contributed by atoms with Gasteiger partial charge in [0.2, 0.25) is 5.91 Å². The van der Waals surface area contributed by atoms with Crippen LogP contribution >= 0.6 is 0 Å². The lowest BCUT2D eigenvalue weighted by Crippen LogP contribution is -2.43. The Morgan fingerprint density at radius 2 is 1.80 bits per heavy atom. The van der Waals surface area contributed by atoms with Crippen LogP contribution in [0.25, 0.3) is 0 Å². The summed E-state index contributed by atoms with van der Waals surface area (Å²) in [6, 6.07) is 9.84. The number of benzene rings is 1. The summed E-state index contributed by atoms with van der Waals surface area (Å²) in [5.74, 6) is 5.87. The van der Waals surface area contributed by atoms with Gasteiger partial charge in [0.15, 0.2) is 0 Å². The average molecular weight is 341 g/mol. The summed E-state index contributed by atoms with van der Waals surface area (Å²) >= 11 is 0. The van der Waals surface area contributed by atoms with Crippen LogP contribution in [0.15, 0.2) is 30.3 Å². The third-order valence-corrected chi connectivity index (χ3v) is 4.19. The molecule has 0 bridgehead atoms. The number of hydrogen-bond donors (Lipinski definition) is 3. The Bertz CT molecular complexity index is 598. The zero-order valence-electron chi connectivity index (χ0n) is 14.6. The average Bonchev–Trinajstić information content (AvgIpc) is 2.64. The number of nitrogens with one attached hydrogen (secondary N) is 3. The van der Waals surface area contributed by atoms with Gasteiger partial charge in [-0.15, -0.1) is 0 Å². The standard InChI is InChI=1S/C20H27N3O2/c24-19(21-15-7-11-17-9-3-1-4-10-17)14-8-16-22-20(25)23-18-12-5-2-6-13-18/h1,3-4,9-10,18H,2,5-6,8,12-16H2,(H,21,24)(H2,22,23,25). The van der Waals surface area contributed by atoms with Crippen molar-refractivity contribution >= 4 is 11.9 Å². The first-order valence-electron chi connectivity index (χ1n) is 9.09. The van der Waals surface area contributed by atoms with E-state index in [1.165, 1.54) is 19.3 Å². The van der Waals surface area contributed by atoms with Gasteiger partial charge in [-0.05, 0) is 31.4 Å². The number of carbonyl (C=O) groups excluding carboxylic acids is 2. The lowest BCUT2D eigenvalue weighted by atomic mass is 9.96. The molecular weight excluding hydrogens is 314 g/mol. The highest BCUT2D eigenvalue weighted by Gasteiger charge is 2.15. The predicted molar refractivity (Wildman–Crippen MR) is 99.0 cm³/mol. The first-order valence-corrected chi connectivity index (χ1v) is 9.09. The minimum atomic E-state index is -0.124. The molecule has 0 unspecified atom stereocenters. The quantitative estimate of drug-likeness (QED) is 0.550. The van der Waals surface area contributed by atoms with Crippen molar-refractivity contribution in [1.29, 1.82) is 0 Å². The second-order valence-corrected chi connectivity index (χ2v) is 6.28. The summed E-state index contributed by atoms with van der Waals surface area (Å²) < 4.78 is 0. The Morgan fingerprint density at radius 1 is 1.04 bits per heavy atom. The summed E-state index contributed by atoms with van der Waals surface area (Å²) in [4.78, 5) is 23.5.